The number of carbonyl (C=O) groups excluding carboxylic acids is 1. The number of hydrogen-bond donors (Lipinski definition) is 4. The van der Waals surface area contributed by atoms with Gasteiger partial charge >= 0.3 is 7.82 Å². The maximum atomic E-state index is 12.1. The first-order valence-corrected chi connectivity index (χ1v) is 12.7. The summed E-state index contributed by atoms with van der Waals surface area (Å²) in [6.45, 7) is -0.595. The Morgan fingerprint density at radius 1 is 0.941 bits per heavy atom. The number of hydrogen-bond acceptors (Lipinski definition) is 6. The Balaban J connectivity index is 1.40. The van der Waals surface area contributed by atoms with Crippen molar-refractivity contribution in [1.82, 2.24) is 4.98 Å². The Morgan fingerprint density at radius 3 is 2.18 bits per heavy atom. The molecule has 0 saturated carbocycles. The van der Waals surface area contributed by atoms with Gasteiger partial charge in [-0.3, -0.25) is 9.32 Å². The van der Waals surface area contributed by atoms with E-state index < -0.39 is 26.4 Å². The minimum atomic E-state index is -4.69. The van der Waals surface area contributed by atoms with Gasteiger partial charge in [0.2, 0.25) is 5.91 Å². The molecule has 0 saturated heterocycles. The van der Waals surface area contributed by atoms with Crippen molar-refractivity contribution in [2.45, 2.75) is 6.04 Å². The van der Waals surface area contributed by atoms with Crippen LogP contribution in [0, 0.1) is 0 Å². The van der Waals surface area contributed by atoms with Gasteiger partial charge in [0.15, 0.2) is 0 Å². The van der Waals surface area contributed by atoms with E-state index in [0.717, 1.165) is 33.0 Å². The first-order valence-electron chi connectivity index (χ1n) is 10.3. The molecule has 8 nitrogen and oxygen atoms in total. The van der Waals surface area contributed by atoms with Gasteiger partial charge in [0.25, 0.3) is 0 Å². The fourth-order valence-electron chi connectivity index (χ4n) is 3.19. The standard InChI is InChI=1S/C24H22N3O5PS/c25-21(14-32-33(29,30)31)23(28)26-20-12-10-18(11-13-20)22-15-34-24(27-22)19-8-6-17(7-9-19)16-4-2-1-3-5-16/h1-13,15,21H,14,25H2,(H,26,28)(H2,29,30,31)/t21-/m0/s1. The molecule has 0 fully saturated rings. The molecule has 4 aromatic rings. The lowest BCUT2D eigenvalue weighted by Crippen LogP contribution is -2.39. The van der Waals surface area contributed by atoms with Crippen molar-refractivity contribution in [2.24, 2.45) is 5.73 Å². The molecule has 34 heavy (non-hydrogen) atoms. The van der Waals surface area contributed by atoms with E-state index in [4.69, 9.17) is 20.5 Å². The van der Waals surface area contributed by atoms with Gasteiger partial charge in [0.1, 0.15) is 11.0 Å². The summed E-state index contributed by atoms with van der Waals surface area (Å²) in [5.41, 5.74) is 11.1. The first kappa shape index (κ1) is 24.0. The molecule has 0 spiro atoms. The van der Waals surface area contributed by atoms with E-state index in [2.05, 4.69) is 46.2 Å². The predicted molar refractivity (Wildman–Crippen MR) is 133 cm³/mol. The molecule has 0 aliphatic heterocycles. The minimum absolute atomic E-state index is 0.493. The normalized spacial score (nSPS) is 12.3. The fourth-order valence-corrected chi connectivity index (χ4v) is 4.38. The lowest BCUT2D eigenvalue weighted by Gasteiger charge is -2.13. The maximum absolute atomic E-state index is 12.1. The minimum Gasteiger partial charge on any atom is -0.325 e. The van der Waals surface area contributed by atoms with E-state index in [-0.39, 0.29) is 0 Å². The van der Waals surface area contributed by atoms with Crippen LogP contribution in [0.1, 0.15) is 0 Å². The molecule has 3 aromatic carbocycles. The number of amides is 1. The van der Waals surface area contributed by atoms with Crippen LogP contribution in [0.2, 0.25) is 0 Å². The largest absolute Gasteiger partial charge is 0.469 e. The van der Waals surface area contributed by atoms with Gasteiger partial charge in [-0.2, -0.15) is 0 Å². The molecule has 1 amide bonds. The van der Waals surface area contributed by atoms with Crippen LogP contribution in [-0.2, 0) is 13.9 Å². The molecule has 0 aliphatic rings. The van der Waals surface area contributed by atoms with Crippen molar-refractivity contribution in [3.63, 3.8) is 0 Å². The zero-order valence-electron chi connectivity index (χ0n) is 17.9. The zero-order valence-corrected chi connectivity index (χ0v) is 19.6. The van der Waals surface area contributed by atoms with E-state index >= 15 is 0 Å². The molecule has 1 atom stereocenters. The predicted octanol–water partition coefficient (Wildman–Crippen LogP) is 4.52. The van der Waals surface area contributed by atoms with Gasteiger partial charge in [-0.15, -0.1) is 11.3 Å². The highest BCUT2D eigenvalue weighted by molar-refractivity contribution is 7.46. The van der Waals surface area contributed by atoms with Crippen LogP contribution in [0.5, 0.6) is 0 Å². The smallest absolute Gasteiger partial charge is 0.325 e. The number of phosphoric acid groups is 1. The molecule has 5 N–H and O–H groups in total. The molecule has 0 unspecified atom stereocenters. The summed E-state index contributed by atoms with van der Waals surface area (Å²) in [6, 6.07) is 24.3. The number of rotatable bonds is 8. The van der Waals surface area contributed by atoms with Crippen LogP contribution in [0.4, 0.5) is 5.69 Å². The third-order valence-electron chi connectivity index (χ3n) is 4.95. The van der Waals surface area contributed by atoms with Crippen molar-refractivity contribution >= 4 is 30.8 Å². The van der Waals surface area contributed by atoms with E-state index in [0.29, 0.717) is 5.69 Å². The van der Waals surface area contributed by atoms with Crippen molar-refractivity contribution < 1.29 is 23.7 Å². The molecular formula is C24H22N3O5PS. The van der Waals surface area contributed by atoms with Crippen molar-refractivity contribution in [3.8, 4) is 33.0 Å². The summed E-state index contributed by atoms with van der Waals surface area (Å²) in [7, 11) is -4.69. The van der Waals surface area contributed by atoms with Crippen LogP contribution in [0.15, 0.2) is 84.2 Å². The highest BCUT2D eigenvalue weighted by atomic mass is 32.1. The molecular weight excluding hydrogens is 473 g/mol. The molecule has 0 bridgehead atoms. The summed E-state index contributed by atoms with van der Waals surface area (Å²) in [4.78, 5) is 34.2. The molecule has 4 rings (SSSR count). The topological polar surface area (TPSA) is 135 Å². The van der Waals surface area contributed by atoms with Crippen LogP contribution < -0.4 is 11.1 Å². The number of thiazole rings is 1. The van der Waals surface area contributed by atoms with E-state index in [9.17, 15) is 9.36 Å². The van der Waals surface area contributed by atoms with Gasteiger partial charge < -0.3 is 20.8 Å². The number of nitrogens with two attached hydrogens (primary N) is 1. The highest BCUT2D eigenvalue weighted by Gasteiger charge is 2.20. The number of phosphoric ester groups is 1. The van der Waals surface area contributed by atoms with Crippen LogP contribution >= 0.6 is 19.2 Å². The lowest BCUT2D eigenvalue weighted by molar-refractivity contribution is -0.118. The summed E-state index contributed by atoms with van der Waals surface area (Å²) < 4.78 is 15.0. The van der Waals surface area contributed by atoms with Crippen molar-refractivity contribution in [2.75, 3.05) is 11.9 Å². The van der Waals surface area contributed by atoms with Gasteiger partial charge in [-0.05, 0) is 23.3 Å². The van der Waals surface area contributed by atoms with Crippen LogP contribution in [0.3, 0.4) is 0 Å². The Bertz CT molecular complexity index is 1300. The molecule has 0 aliphatic carbocycles. The monoisotopic (exact) mass is 495 g/mol. The molecule has 1 aromatic heterocycles. The summed E-state index contributed by atoms with van der Waals surface area (Å²) in [5, 5.41) is 5.47. The first-order chi connectivity index (χ1) is 16.3. The third kappa shape index (κ3) is 6.24. The second kappa shape index (κ2) is 10.4. The van der Waals surface area contributed by atoms with Gasteiger partial charge in [-0.25, -0.2) is 9.55 Å². The number of nitrogens with one attached hydrogen (secondary N) is 1. The average molecular weight is 495 g/mol. The zero-order chi connectivity index (χ0) is 24.1. The lowest BCUT2D eigenvalue weighted by atomic mass is 10.0. The van der Waals surface area contributed by atoms with E-state index in [1.807, 2.05) is 35.7 Å². The SMILES string of the molecule is N[C@@H](COP(=O)(O)O)C(=O)Nc1ccc(-c2csc(-c3ccc(-c4ccccc4)cc3)n2)cc1. The van der Waals surface area contributed by atoms with E-state index in [1.54, 1.807) is 23.5 Å². The Hall–Kier alpha value is -3.17. The van der Waals surface area contributed by atoms with E-state index in [1.165, 1.54) is 0 Å². The summed E-state index contributed by atoms with van der Waals surface area (Å²) in [6.07, 6.45) is 0. The Kier molecular flexibility index (Phi) is 7.33. The second-order valence-corrected chi connectivity index (χ2v) is 9.54. The number of nitrogens with zero attached hydrogens (tertiary/aromatic N) is 1. The van der Waals surface area contributed by atoms with Crippen molar-refractivity contribution in [3.05, 3.63) is 84.2 Å². The molecule has 1 heterocycles. The second-order valence-electron chi connectivity index (χ2n) is 7.44. The van der Waals surface area contributed by atoms with Gasteiger partial charge in [0, 0.05) is 22.2 Å². The molecule has 10 heteroatoms. The Labute approximate surface area is 200 Å². The number of anilines is 1. The fraction of sp³-hybridized carbons (Fsp3) is 0.0833. The van der Waals surface area contributed by atoms with Gasteiger partial charge in [-0.1, -0.05) is 66.7 Å². The number of carbonyl (C=O) groups is 1. The van der Waals surface area contributed by atoms with Crippen LogP contribution in [-0.4, -0.2) is 33.3 Å². The Morgan fingerprint density at radius 2 is 1.53 bits per heavy atom. The number of aromatic nitrogens is 1. The highest BCUT2D eigenvalue weighted by Crippen LogP contribution is 2.35. The third-order valence-corrected chi connectivity index (χ3v) is 6.33. The molecule has 0 radical (unpaired) electrons. The van der Waals surface area contributed by atoms with Gasteiger partial charge in [0.05, 0.1) is 12.3 Å². The van der Waals surface area contributed by atoms with Crippen LogP contribution in [0.25, 0.3) is 33.0 Å². The maximum Gasteiger partial charge on any atom is 0.469 e. The molecule has 174 valence electrons. The quantitative estimate of drug-likeness (QED) is 0.264. The average Bonchev–Trinajstić information content (AvgIpc) is 3.33. The number of benzene rings is 3. The summed E-state index contributed by atoms with van der Waals surface area (Å²) in [5.74, 6) is -0.615. The van der Waals surface area contributed by atoms with Crippen molar-refractivity contribution in [1.29, 1.82) is 0 Å². The summed E-state index contributed by atoms with van der Waals surface area (Å²) >= 11 is 1.55.